The molecule has 0 aromatic heterocycles. The molecule has 0 saturated heterocycles. The molecule has 0 heterocycles. The average molecular weight is 343 g/mol. The standard InChI is InChI=1S/C14H18INO/c1-10-6-2-5-9-13(10)16-14(17)11-7-3-4-8-12(11)15/h3-4,7-8,10,13H,2,5-6,9H2,1H3,(H,16,17)/t10-,13+/m0/s1. The Morgan fingerprint density at radius 3 is 2.71 bits per heavy atom. The van der Waals surface area contributed by atoms with E-state index in [1.165, 1.54) is 19.3 Å². The zero-order chi connectivity index (χ0) is 12.3. The first-order valence-corrected chi connectivity index (χ1v) is 7.32. The molecule has 92 valence electrons. The lowest BCUT2D eigenvalue weighted by molar-refractivity contribution is 0.0909. The molecule has 1 aromatic rings. The third-order valence-corrected chi connectivity index (χ3v) is 4.49. The minimum atomic E-state index is 0.0775. The van der Waals surface area contributed by atoms with Gasteiger partial charge in [-0.15, -0.1) is 0 Å². The third kappa shape index (κ3) is 3.21. The summed E-state index contributed by atoms with van der Waals surface area (Å²) >= 11 is 2.21. The normalized spacial score (nSPS) is 24.4. The third-order valence-electron chi connectivity index (χ3n) is 3.55. The molecule has 1 fully saturated rings. The maximum Gasteiger partial charge on any atom is 0.252 e. The van der Waals surface area contributed by atoms with Gasteiger partial charge in [0.2, 0.25) is 0 Å². The van der Waals surface area contributed by atoms with E-state index in [1.54, 1.807) is 0 Å². The van der Waals surface area contributed by atoms with Crippen molar-refractivity contribution in [2.24, 2.45) is 5.92 Å². The molecule has 0 spiro atoms. The van der Waals surface area contributed by atoms with Crippen molar-refractivity contribution in [2.45, 2.75) is 38.6 Å². The van der Waals surface area contributed by atoms with Crippen molar-refractivity contribution in [1.29, 1.82) is 0 Å². The number of benzene rings is 1. The Balaban J connectivity index is 2.04. The molecule has 0 bridgehead atoms. The van der Waals surface area contributed by atoms with Crippen molar-refractivity contribution in [1.82, 2.24) is 5.32 Å². The summed E-state index contributed by atoms with van der Waals surface area (Å²) in [6.07, 6.45) is 4.89. The highest BCUT2D eigenvalue weighted by Crippen LogP contribution is 2.24. The van der Waals surface area contributed by atoms with Crippen LogP contribution in [0.25, 0.3) is 0 Å². The Morgan fingerprint density at radius 2 is 2.00 bits per heavy atom. The molecule has 1 aliphatic carbocycles. The molecule has 0 radical (unpaired) electrons. The Bertz CT molecular complexity index is 405. The number of carbonyl (C=O) groups excluding carboxylic acids is 1. The van der Waals surface area contributed by atoms with Crippen LogP contribution in [0.3, 0.4) is 0 Å². The second-order valence-electron chi connectivity index (χ2n) is 4.82. The van der Waals surface area contributed by atoms with Crippen molar-refractivity contribution >= 4 is 28.5 Å². The molecule has 0 unspecified atom stereocenters. The molecule has 3 heteroatoms. The first-order chi connectivity index (χ1) is 8.18. The second-order valence-corrected chi connectivity index (χ2v) is 5.98. The lowest BCUT2D eigenvalue weighted by Gasteiger charge is -2.29. The van der Waals surface area contributed by atoms with Gasteiger partial charge >= 0.3 is 0 Å². The molecule has 1 saturated carbocycles. The quantitative estimate of drug-likeness (QED) is 0.817. The molecule has 2 nitrogen and oxygen atoms in total. The number of amides is 1. The van der Waals surface area contributed by atoms with Crippen LogP contribution in [0.4, 0.5) is 0 Å². The molecule has 2 rings (SSSR count). The van der Waals surface area contributed by atoms with E-state index in [9.17, 15) is 4.79 Å². The number of nitrogens with one attached hydrogen (secondary N) is 1. The van der Waals surface area contributed by atoms with Crippen LogP contribution in [-0.4, -0.2) is 11.9 Å². The molecule has 1 amide bonds. The van der Waals surface area contributed by atoms with Crippen LogP contribution in [0.1, 0.15) is 43.0 Å². The average Bonchev–Trinajstić information content (AvgIpc) is 2.32. The van der Waals surface area contributed by atoms with Crippen molar-refractivity contribution in [3.63, 3.8) is 0 Å². The molecule has 1 aliphatic rings. The van der Waals surface area contributed by atoms with E-state index >= 15 is 0 Å². The Hall–Kier alpha value is -0.580. The SMILES string of the molecule is C[C@H]1CCCC[C@H]1NC(=O)c1ccccc1I. The Labute approximate surface area is 116 Å². The minimum Gasteiger partial charge on any atom is -0.349 e. The molecule has 2 atom stereocenters. The summed E-state index contributed by atoms with van der Waals surface area (Å²) in [5, 5.41) is 3.18. The van der Waals surface area contributed by atoms with Crippen molar-refractivity contribution in [3.05, 3.63) is 33.4 Å². The van der Waals surface area contributed by atoms with Crippen LogP contribution in [0.2, 0.25) is 0 Å². The molecular weight excluding hydrogens is 325 g/mol. The van der Waals surface area contributed by atoms with E-state index < -0.39 is 0 Å². The maximum absolute atomic E-state index is 12.2. The van der Waals surface area contributed by atoms with Crippen LogP contribution in [0.5, 0.6) is 0 Å². The number of rotatable bonds is 2. The highest BCUT2D eigenvalue weighted by atomic mass is 127. The molecule has 1 aromatic carbocycles. The lowest BCUT2D eigenvalue weighted by atomic mass is 9.86. The summed E-state index contributed by atoms with van der Waals surface area (Å²) < 4.78 is 1.02. The van der Waals surface area contributed by atoms with Gasteiger partial charge in [0.15, 0.2) is 0 Å². The predicted octanol–water partition coefficient (Wildman–Crippen LogP) is 3.60. The van der Waals surface area contributed by atoms with Gasteiger partial charge in [-0.3, -0.25) is 4.79 Å². The summed E-state index contributed by atoms with van der Waals surface area (Å²) in [6, 6.07) is 8.10. The molecule has 0 aliphatic heterocycles. The number of hydrogen-bond acceptors (Lipinski definition) is 1. The topological polar surface area (TPSA) is 29.1 Å². The van der Waals surface area contributed by atoms with E-state index in [0.717, 1.165) is 15.6 Å². The highest BCUT2D eigenvalue weighted by Gasteiger charge is 2.23. The smallest absolute Gasteiger partial charge is 0.252 e. The summed E-state index contributed by atoms with van der Waals surface area (Å²) in [6.45, 7) is 2.24. The number of halogens is 1. The van der Waals surface area contributed by atoms with Crippen LogP contribution in [-0.2, 0) is 0 Å². The molecular formula is C14H18INO. The van der Waals surface area contributed by atoms with Gasteiger partial charge in [-0.2, -0.15) is 0 Å². The maximum atomic E-state index is 12.2. The first-order valence-electron chi connectivity index (χ1n) is 6.24. The molecule has 17 heavy (non-hydrogen) atoms. The Kier molecular flexibility index (Phi) is 4.42. The van der Waals surface area contributed by atoms with Crippen LogP contribution >= 0.6 is 22.6 Å². The fourth-order valence-corrected chi connectivity index (χ4v) is 3.05. The van der Waals surface area contributed by atoms with Crippen molar-refractivity contribution in [2.75, 3.05) is 0 Å². The zero-order valence-electron chi connectivity index (χ0n) is 10.1. The van der Waals surface area contributed by atoms with Crippen LogP contribution in [0.15, 0.2) is 24.3 Å². The van der Waals surface area contributed by atoms with Gasteiger partial charge in [0, 0.05) is 9.61 Å². The second kappa shape index (κ2) is 5.85. The predicted molar refractivity (Wildman–Crippen MR) is 78.0 cm³/mol. The van der Waals surface area contributed by atoms with Crippen molar-refractivity contribution in [3.8, 4) is 0 Å². The van der Waals surface area contributed by atoms with Gasteiger partial charge in [0.05, 0.1) is 5.56 Å². The molecule has 1 N–H and O–H groups in total. The van der Waals surface area contributed by atoms with Crippen LogP contribution < -0.4 is 5.32 Å². The van der Waals surface area contributed by atoms with Crippen LogP contribution in [0, 0.1) is 9.49 Å². The minimum absolute atomic E-state index is 0.0775. The summed E-state index contributed by atoms with van der Waals surface area (Å²) in [4.78, 5) is 12.2. The highest BCUT2D eigenvalue weighted by molar-refractivity contribution is 14.1. The van der Waals surface area contributed by atoms with Gasteiger partial charge in [-0.05, 0) is 53.5 Å². The van der Waals surface area contributed by atoms with E-state index in [4.69, 9.17) is 0 Å². The fraction of sp³-hybridized carbons (Fsp3) is 0.500. The number of hydrogen-bond donors (Lipinski definition) is 1. The first kappa shape index (κ1) is 12.9. The van der Waals surface area contributed by atoms with E-state index in [-0.39, 0.29) is 5.91 Å². The van der Waals surface area contributed by atoms with Crippen molar-refractivity contribution < 1.29 is 4.79 Å². The summed E-state index contributed by atoms with van der Waals surface area (Å²) in [5.41, 5.74) is 0.797. The van der Waals surface area contributed by atoms with E-state index in [0.29, 0.717) is 12.0 Å². The largest absolute Gasteiger partial charge is 0.349 e. The fourth-order valence-electron chi connectivity index (χ4n) is 2.42. The Morgan fingerprint density at radius 1 is 1.29 bits per heavy atom. The van der Waals surface area contributed by atoms with Gasteiger partial charge in [0.25, 0.3) is 5.91 Å². The van der Waals surface area contributed by atoms with Gasteiger partial charge in [-0.25, -0.2) is 0 Å². The lowest BCUT2D eigenvalue weighted by Crippen LogP contribution is -2.41. The summed E-state index contributed by atoms with van der Waals surface area (Å²) in [7, 11) is 0. The van der Waals surface area contributed by atoms with Gasteiger partial charge in [-0.1, -0.05) is 31.9 Å². The monoisotopic (exact) mass is 343 g/mol. The van der Waals surface area contributed by atoms with Gasteiger partial charge in [0.1, 0.15) is 0 Å². The zero-order valence-corrected chi connectivity index (χ0v) is 12.2. The van der Waals surface area contributed by atoms with E-state index in [2.05, 4.69) is 34.8 Å². The summed E-state index contributed by atoms with van der Waals surface area (Å²) in [5.74, 6) is 0.683. The van der Waals surface area contributed by atoms with Gasteiger partial charge < -0.3 is 5.32 Å². The number of carbonyl (C=O) groups is 1. The van der Waals surface area contributed by atoms with E-state index in [1.807, 2.05) is 24.3 Å².